The van der Waals surface area contributed by atoms with Crippen LogP contribution < -0.4 is 10.0 Å². The third-order valence-corrected chi connectivity index (χ3v) is 4.97. The number of amides is 1. The first-order chi connectivity index (χ1) is 12.3. The first kappa shape index (κ1) is 19.4. The number of non-ortho nitro benzene ring substituents is 1. The van der Waals surface area contributed by atoms with E-state index in [1.807, 2.05) is 6.92 Å². The highest BCUT2D eigenvalue weighted by atomic mass is 32.2. The molecule has 9 heteroatoms. The highest BCUT2D eigenvalue weighted by molar-refractivity contribution is 7.92. The molecule has 2 aromatic carbocycles. The molecule has 138 valence electrons. The molecule has 0 aromatic heterocycles. The van der Waals surface area contributed by atoms with Gasteiger partial charge in [0, 0.05) is 29.9 Å². The molecule has 0 saturated heterocycles. The van der Waals surface area contributed by atoms with Gasteiger partial charge in [0.2, 0.25) is 0 Å². The van der Waals surface area contributed by atoms with Crippen molar-refractivity contribution in [1.29, 1.82) is 0 Å². The first-order valence-electron chi connectivity index (χ1n) is 7.99. The monoisotopic (exact) mass is 377 g/mol. The minimum Gasteiger partial charge on any atom is -0.352 e. The number of nitro groups is 1. The largest absolute Gasteiger partial charge is 0.352 e. The summed E-state index contributed by atoms with van der Waals surface area (Å²) in [4.78, 5) is 21.9. The molecule has 0 atom stereocenters. The molecule has 26 heavy (non-hydrogen) atoms. The molecule has 0 radical (unpaired) electrons. The second-order valence-electron chi connectivity index (χ2n) is 5.54. The van der Waals surface area contributed by atoms with Crippen molar-refractivity contribution in [2.75, 3.05) is 11.3 Å². The van der Waals surface area contributed by atoms with Gasteiger partial charge in [-0.2, -0.15) is 0 Å². The van der Waals surface area contributed by atoms with Gasteiger partial charge in [-0.05, 0) is 42.8 Å². The van der Waals surface area contributed by atoms with Crippen molar-refractivity contribution in [1.82, 2.24) is 5.32 Å². The third-order valence-electron chi connectivity index (χ3n) is 3.57. The van der Waals surface area contributed by atoms with Gasteiger partial charge in [-0.1, -0.05) is 13.3 Å². The number of benzene rings is 2. The van der Waals surface area contributed by atoms with E-state index in [4.69, 9.17) is 0 Å². The minimum atomic E-state index is -3.88. The zero-order valence-electron chi connectivity index (χ0n) is 14.1. The lowest BCUT2D eigenvalue weighted by Gasteiger charge is -2.09. The summed E-state index contributed by atoms with van der Waals surface area (Å²) < 4.78 is 27.0. The van der Waals surface area contributed by atoms with E-state index in [-0.39, 0.29) is 22.2 Å². The van der Waals surface area contributed by atoms with Crippen LogP contribution in [0.25, 0.3) is 0 Å². The van der Waals surface area contributed by atoms with Crippen LogP contribution in [0.3, 0.4) is 0 Å². The van der Waals surface area contributed by atoms with Gasteiger partial charge in [0.15, 0.2) is 0 Å². The van der Waals surface area contributed by atoms with Gasteiger partial charge in [-0.25, -0.2) is 8.42 Å². The summed E-state index contributed by atoms with van der Waals surface area (Å²) in [6.45, 7) is 2.61. The molecule has 2 N–H and O–H groups in total. The molecule has 0 aliphatic carbocycles. The number of anilines is 1. The maximum absolute atomic E-state index is 12.3. The number of carbonyl (C=O) groups is 1. The van der Waals surface area contributed by atoms with Crippen molar-refractivity contribution in [2.45, 2.75) is 24.7 Å². The number of hydrogen-bond donors (Lipinski definition) is 2. The molecule has 2 aromatic rings. The number of hydrogen-bond acceptors (Lipinski definition) is 5. The summed E-state index contributed by atoms with van der Waals surface area (Å²) in [7, 11) is -3.88. The van der Waals surface area contributed by atoms with Gasteiger partial charge in [0.05, 0.1) is 9.82 Å². The SMILES string of the molecule is CCCCNC(=O)c1ccc(NS(=O)(=O)c2ccc([N+](=O)[O-])cc2)cc1. The molecule has 1 amide bonds. The van der Waals surface area contributed by atoms with Gasteiger partial charge in [0.1, 0.15) is 0 Å². The van der Waals surface area contributed by atoms with Crippen molar-refractivity contribution < 1.29 is 18.1 Å². The fourth-order valence-corrected chi connectivity index (χ4v) is 3.19. The number of sulfonamides is 1. The Morgan fingerprint density at radius 2 is 1.69 bits per heavy atom. The standard InChI is InChI=1S/C17H19N3O5S/c1-2-3-12-18-17(21)13-4-6-14(7-5-13)19-26(24,25)16-10-8-15(9-11-16)20(22)23/h4-11,19H,2-3,12H2,1H3,(H,18,21). The fraction of sp³-hybridized carbons (Fsp3) is 0.235. The van der Waals surface area contributed by atoms with Crippen LogP contribution in [0.1, 0.15) is 30.1 Å². The summed E-state index contributed by atoms with van der Waals surface area (Å²) in [5.74, 6) is -0.219. The van der Waals surface area contributed by atoms with E-state index in [0.717, 1.165) is 37.1 Å². The van der Waals surface area contributed by atoms with Crippen molar-refractivity contribution in [3.8, 4) is 0 Å². The average Bonchev–Trinajstić information content (AvgIpc) is 2.62. The molecule has 0 spiro atoms. The second-order valence-corrected chi connectivity index (χ2v) is 7.23. The van der Waals surface area contributed by atoms with Gasteiger partial charge in [0.25, 0.3) is 21.6 Å². The number of carbonyl (C=O) groups excluding carboxylic acids is 1. The van der Waals surface area contributed by atoms with Crippen LogP contribution in [0.15, 0.2) is 53.4 Å². The van der Waals surface area contributed by atoms with Crippen LogP contribution >= 0.6 is 0 Å². The van der Waals surface area contributed by atoms with Crippen LogP contribution in [0.4, 0.5) is 11.4 Å². The summed E-state index contributed by atoms with van der Waals surface area (Å²) in [5, 5.41) is 13.4. The van der Waals surface area contributed by atoms with E-state index in [9.17, 15) is 23.3 Å². The Labute approximate surface area is 151 Å². The number of nitro benzene ring substituents is 1. The van der Waals surface area contributed by atoms with Crippen molar-refractivity contribution in [3.05, 3.63) is 64.2 Å². The van der Waals surface area contributed by atoms with Crippen LogP contribution in [-0.4, -0.2) is 25.8 Å². The van der Waals surface area contributed by atoms with Crippen LogP contribution in [0.5, 0.6) is 0 Å². The zero-order valence-corrected chi connectivity index (χ0v) is 15.0. The summed E-state index contributed by atoms with van der Waals surface area (Å²) in [6.07, 6.45) is 1.86. The maximum Gasteiger partial charge on any atom is 0.269 e. The quantitative estimate of drug-likeness (QED) is 0.416. The van der Waals surface area contributed by atoms with Crippen LogP contribution in [-0.2, 0) is 10.0 Å². The van der Waals surface area contributed by atoms with Gasteiger partial charge < -0.3 is 5.32 Å². The molecular weight excluding hydrogens is 358 g/mol. The Hall–Kier alpha value is -2.94. The van der Waals surface area contributed by atoms with E-state index in [2.05, 4.69) is 10.0 Å². The molecule has 0 aliphatic rings. The number of unbranched alkanes of at least 4 members (excludes halogenated alkanes) is 1. The van der Waals surface area contributed by atoms with Crippen LogP contribution in [0.2, 0.25) is 0 Å². The molecule has 0 saturated carbocycles. The Morgan fingerprint density at radius 1 is 1.08 bits per heavy atom. The van der Waals surface area contributed by atoms with E-state index in [0.29, 0.717) is 12.1 Å². The topological polar surface area (TPSA) is 118 Å². The van der Waals surface area contributed by atoms with Crippen molar-refractivity contribution in [3.63, 3.8) is 0 Å². The smallest absolute Gasteiger partial charge is 0.269 e. The molecule has 0 unspecified atom stereocenters. The first-order valence-corrected chi connectivity index (χ1v) is 9.47. The molecule has 0 heterocycles. The molecule has 8 nitrogen and oxygen atoms in total. The molecule has 0 bridgehead atoms. The molecule has 2 rings (SSSR count). The maximum atomic E-state index is 12.3. The predicted octanol–water partition coefficient (Wildman–Crippen LogP) is 2.93. The molecule has 0 aliphatic heterocycles. The Morgan fingerprint density at radius 3 is 2.23 bits per heavy atom. The predicted molar refractivity (Wildman–Crippen MR) is 97.6 cm³/mol. The molecular formula is C17H19N3O5S. The Kier molecular flexibility index (Phi) is 6.29. The van der Waals surface area contributed by atoms with E-state index >= 15 is 0 Å². The van der Waals surface area contributed by atoms with E-state index < -0.39 is 14.9 Å². The lowest BCUT2D eigenvalue weighted by atomic mass is 10.2. The fourth-order valence-electron chi connectivity index (χ4n) is 2.13. The normalized spacial score (nSPS) is 11.0. The highest BCUT2D eigenvalue weighted by Crippen LogP contribution is 2.19. The van der Waals surface area contributed by atoms with Gasteiger partial charge >= 0.3 is 0 Å². The highest BCUT2D eigenvalue weighted by Gasteiger charge is 2.16. The van der Waals surface area contributed by atoms with Crippen LogP contribution in [0, 0.1) is 10.1 Å². The number of nitrogens with one attached hydrogen (secondary N) is 2. The van der Waals surface area contributed by atoms with Crippen molar-refractivity contribution >= 4 is 27.3 Å². The zero-order chi connectivity index (χ0) is 19.2. The van der Waals surface area contributed by atoms with Gasteiger partial charge in [-0.15, -0.1) is 0 Å². The second kappa shape index (κ2) is 8.43. The Bertz CT molecular complexity index is 878. The van der Waals surface area contributed by atoms with E-state index in [1.165, 1.54) is 24.3 Å². The third kappa shape index (κ3) is 5.03. The van der Waals surface area contributed by atoms with E-state index in [1.54, 1.807) is 0 Å². The number of nitrogens with zero attached hydrogens (tertiary/aromatic N) is 1. The Balaban J connectivity index is 2.07. The lowest BCUT2D eigenvalue weighted by Crippen LogP contribution is -2.24. The summed E-state index contributed by atoms with van der Waals surface area (Å²) in [6, 6.07) is 10.6. The van der Waals surface area contributed by atoms with Crippen molar-refractivity contribution in [2.24, 2.45) is 0 Å². The number of rotatable bonds is 8. The summed E-state index contributed by atoms with van der Waals surface area (Å²) in [5.41, 5.74) is 0.523. The van der Waals surface area contributed by atoms with Gasteiger partial charge in [-0.3, -0.25) is 19.6 Å². The minimum absolute atomic E-state index is 0.0931. The average molecular weight is 377 g/mol. The lowest BCUT2D eigenvalue weighted by molar-refractivity contribution is -0.384. The summed E-state index contributed by atoms with van der Waals surface area (Å²) >= 11 is 0. The molecule has 0 fully saturated rings.